The van der Waals surface area contributed by atoms with Crippen molar-refractivity contribution in [1.29, 1.82) is 0 Å². The molecule has 1 aliphatic carbocycles. The highest BCUT2D eigenvalue weighted by atomic mass is 16.5. The summed E-state index contributed by atoms with van der Waals surface area (Å²) in [6.45, 7) is 11.4. The van der Waals surface area contributed by atoms with Gasteiger partial charge in [-0.15, -0.1) is 5.73 Å². The third-order valence-electron chi connectivity index (χ3n) is 6.14. The number of hydrogen-bond acceptors (Lipinski definition) is 5. The second-order valence-corrected chi connectivity index (χ2v) is 8.81. The Kier molecular flexibility index (Phi) is 12.4. The second kappa shape index (κ2) is 15.6. The normalized spacial score (nSPS) is 18.2. The van der Waals surface area contributed by atoms with Crippen LogP contribution in [0.4, 0.5) is 0 Å². The van der Waals surface area contributed by atoms with Gasteiger partial charge in [-0.05, 0) is 74.3 Å². The largest absolute Gasteiger partial charge is 0.493 e. The Balaban J connectivity index is 1.86. The zero-order valence-electron chi connectivity index (χ0n) is 21.1. The molecule has 5 nitrogen and oxygen atoms in total. The number of rotatable bonds is 13. The molecule has 0 heterocycles. The fourth-order valence-electron chi connectivity index (χ4n) is 4.18. The molecule has 1 saturated carbocycles. The average molecular weight is 479 g/mol. The van der Waals surface area contributed by atoms with Crippen LogP contribution in [0.3, 0.4) is 0 Å². The summed E-state index contributed by atoms with van der Waals surface area (Å²) < 4.78 is 16.1. The van der Waals surface area contributed by atoms with Gasteiger partial charge in [-0.25, -0.2) is 9.59 Å². The van der Waals surface area contributed by atoms with Crippen molar-refractivity contribution >= 4 is 11.9 Å². The van der Waals surface area contributed by atoms with Crippen LogP contribution in [-0.2, 0) is 19.1 Å². The van der Waals surface area contributed by atoms with Crippen LogP contribution in [0, 0.1) is 5.92 Å². The first-order valence-corrected chi connectivity index (χ1v) is 12.4. The SMILES string of the molecule is C=C=CC(=CC=C(C)C(=O)Oc1ccc(C2CCC(CCC)CC2)cc1)OCCCOC(=O)C=C. The molecule has 0 saturated heterocycles. The summed E-state index contributed by atoms with van der Waals surface area (Å²) in [5, 5.41) is 0. The van der Waals surface area contributed by atoms with Crippen molar-refractivity contribution in [2.45, 2.75) is 64.7 Å². The molecule has 0 unspecified atom stereocenters. The maximum Gasteiger partial charge on any atom is 0.339 e. The highest BCUT2D eigenvalue weighted by molar-refractivity contribution is 5.89. The summed E-state index contributed by atoms with van der Waals surface area (Å²) in [5.74, 6) is 1.62. The highest BCUT2D eigenvalue weighted by Crippen LogP contribution is 2.37. The Morgan fingerprint density at radius 3 is 2.37 bits per heavy atom. The van der Waals surface area contributed by atoms with Gasteiger partial charge >= 0.3 is 11.9 Å². The lowest BCUT2D eigenvalue weighted by Crippen LogP contribution is -2.13. The van der Waals surface area contributed by atoms with Gasteiger partial charge in [-0.3, -0.25) is 0 Å². The summed E-state index contributed by atoms with van der Waals surface area (Å²) in [7, 11) is 0. The maximum absolute atomic E-state index is 12.5. The van der Waals surface area contributed by atoms with Crippen LogP contribution in [0.15, 0.2) is 78.8 Å². The molecule has 1 fully saturated rings. The van der Waals surface area contributed by atoms with E-state index in [0.29, 0.717) is 36.0 Å². The average Bonchev–Trinajstić information content (AvgIpc) is 2.87. The molecule has 35 heavy (non-hydrogen) atoms. The summed E-state index contributed by atoms with van der Waals surface area (Å²) in [5.41, 5.74) is 4.42. The topological polar surface area (TPSA) is 61.8 Å². The summed E-state index contributed by atoms with van der Waals surface area (Å²) >= 11 is 0. The molecule has 0 atom stereocenters. The lowest BCUT2D eigenvalue weighted by Gasteiger charge is -2.28. The number of carbonyl (C=O) groups excluding carboxylic acids is 2. The molecule has 188 valence electrons. The molecular weight excluding hydrogens is 440 g/mol. The van der Waals surface area contributed by atoms with E-state index in [4.69, 9.17) is 14.2 Å². The van der Waals surface area contributed by atoms with E-state index in [2.05, 4.69) is 37.9 Å². The highest BCUT2D eigenvalue weighted by Gasteiger charge is 2.21. The zero-order chi connectivity index (χ0) is 25.5. The van der Waals surface area contributed by atoms with Crippen molar-refractivity contribution in [1.82, 2.24) is 0 Å². The van der Waals surface area contributed by atoms with E-state index in [1.807, 2.05) is 12.1 Å². The van der Waals surface area contributed by atoms with Gasteiger partial charge in [-0.1, -0.05) is 45.1 Å². The van der Waals surface area contributed by atoms with Crippen molar-refractivity contribution in [2.75, 3.05) is 13.2 Å². The molecule has 5 heteroatoms. The van der Waals surface area contributed by atoms with Gasteiger partial charge < -0.3 is 14.2 Å². The Bertz CT molecular complexity index is 939. The Hall–Kier alpha value is -3.30. The quantitative estimate of drug-likeness (QED) is 0.0582. The van der Waals surface area contributed by atoms with E-state index in [-0.39, 0.29) is 6.61 Å². The Morgan fingerprint density at radius 2 is 1.74 bits per heavy atom. The molecule has 0 radical (unpaired) electrons. The van der Waals surface area contributed by atoms with Crippen molar-refractivity contribution < 1.29 is 23.8 Å². The molecule has 0 spiro atoms. The van der Waals surface area contributed by atoms with Crippen LogP contribution in [0.1, 0.15) is 70.3 Å². The first kappa shape index (κ1) is 27.9. The number of esters is 2. The summed E-state index contributed by atoms with van der Waals surface area (Å²) in [4.78, 5) is 23.5. The smallest absolute Gasteiger partial charge is 0.339 e. The second-order valence-electron chi connectivity index (χ2n) is 8.81. The van der Waals surface area contributed by atoms with Crippen LogP contribution in [-0.4, -0.2) is 25.2 Å². The lowest BCUT2D eigenvalue weighted by molar-refractivity contribution is -0.138. The van der Waals surface area contributed by atoms with Gasteiger partial charge in [0.15, 0.2) is 0 Å². The monoisotopic (exact) mass is 478 g/mol. The third kappa shape index (κ3) is 10.2. The van der Waals surface area contributed by atoms with Gasteiger partial charge in [0.25, 0.3) is 0 Å². The van der Waals surface area contributed by atoms with Gasteiger partial charge in [0, 0.05) is 24.1 Å². The predicted octanol–water partition coefficient (Wildman–Crippen LogP) is 6.97. The Morgan fingerprint density at radius 1 is 1.06 bits per heavy atom. The number of hydrogen-bond donors (Lipinski definition) is 0. The predicted molar refractivity (Wildman–Crippen MR) is 139 cm³/mol. The minimum Gasteiger partial charge on any atom is -0.493 e. The van der Waals surface area contributed by atoms with Crippen molar-refractivity contribution in [3.8, 4) is 5.75 Å². The van der Waals surface area contributed by atoms with Gasteiger partial charge in [0.05, 0.1) is 13.2 Å². The number of allylic oxidation sites excluding steroid dienone is 3. The fourth-order valence-corrected chi connectivity index (χ4v) is 4.18. The zero-order valence-corrected chi connectivity index (χ0v) is 21.1. The minimum absolute atomic E-state index is 0.232. The maximum atomic E-state index is 12.5. The Labute approximate surface area is 209 Å². The molecule has 1 aromatic rings. The van der Waals surface area contributed by atoms with Crippen LogP contribution < -0.4 is 4.74 Å². The summed E-state index contributed by atoms with van der Waals surface area (Å²) in [6.07, 6.45) is 14.2. The van der Waals surface area contributed by atoms with Gasteiger partial charge in [-0.2, -0.15) is 0 Å². The molecular formula is C30H38O5. The summed E-state index contributed by atoms with van der Waals surface area (Å²) in [6, 6.07) is 7.92. The molecule has 1 aromatic carbocycles. The lowest BCUT2D eigenvalue weighted by atomic mass is 9.77. The van der Waals surface area contributed by atoms with Crippen LogP contribution in [0.5, 0.6) is 5.75 Å². The van der Waals surface area contributed by atoms with Crippen molar-refractivity contribution in [3.63, 3.8) is 0 Å². The molecule has 0 N–H and O–H groups in total. The first-order chi connectivity index (χ1) is 17.0. The standard InChI is InChI=1S/C30H38O5/c1-5-9-24-12-14-25(15-13-24)26-16-19-28(20-17-26)35-30(32)23(4)11-18-27(10-6-2)33-21-8-22-34-29(31)7-3/h7,10-11,16-20,24-25H,2-3,5,8-9,12-15,21-22H2,1,4H3. The van der Waals surface area contributed by atoms with Crippen molar-refractivity contribution in [3.05, 3.63) is 84.4 Å². The molecule has 0 aromatic heterocycles. The van der Waals surface area contributed by atoms with E-state index >= 15 is 0 Å². The molecule has 1 aliphatic rings. The number of benzene rings is 1. The molecule has 0 aliphatic heterocycles. The van der Waals surface area contributed by atoms with Crippen LogP contribution in [0.2, 0.25) is 0 Å². The van der Waals surface area contributed by atoms with Crippen LogP contribution >= 0.6 is 0 Å². The van der Waals surface area contributed by atoms with Gasteiger partial charge in [0.2, 0.25) is 0 Å². The van der Waals surface area contributed by atoms with E-state index in [1.165, 1.54) is 44.1 Å². The van der Waals surface area contributed by atoms with E-state index in [0.717, 1.165) is 12.0 Å². The van der Waals surface area contributed by atoms with E-state index in [1.54, 1.807) is 25.2 Å². The van der Waals surface area contributed by atoms with E-state index in [9.17, 15) is 9.59 Å². The third-order valence-corrected chi connectivity index (χ3v) is 6.14. The van der Waals surface area contributed by atoms with Gasteiger partial charge in [0.1, 0.15) is 11.5 Å². The van der Waals surface area contributed by atoms with Crippen molar-refractivity contribution in [2.24, 2.45) is 5.92 Å². The molecule has 2 rings (SSSR count). The number of carbonyl (C=O) groups is 2. The molecule has 0 bridgehead atoms. The fraction of sp³-hybridized carbons (Fsp3) is 0.433. The first-order valence-electron chi connectivity index (χ1n) is 12.4. The minimum atomic E-state index is -0.465. The van der Waals surface area contributed by atoms with Crippen LogP contribution in [0.25, 0.3) is 0 Å². The van der Waals surface area contributed by atoms with E-state index < -0.39 is 11.9 Å². The molecule has 0 amide bonds. The number of ether oxygens (including phenoxy) is 3.